The summed E-state index contributed by atoms with van der Waals surface area (Å²) in [7, 11) is -0.353. The van der Waals surface area contributed by atoms with E-state index in [0.29, 0.717) is 6.42 Å². The Labute approximate surface area is 115 Å². The van der Waals surface area contributed by atoms with Gasteiger partial charge in [-0.2, -0.15) is 0 Å². The lowest BCUT2D eigenvalue weighted by Crippen LogP contribution is -2.22. The van der Waals surface area contributed by atoms with Crippen molar-refractivity contribution in [3.8, 4) is 0 Å². The van der Waals surface area contributed by atoms with E-state index in [1.165, 1.54) is 18.4 Å². The summed E-state index contributed by atoms with van der Waals surface area (Å²) < 4.78 is 25.0. The smallest absolute Gasteiger partial charge is 0.242 e. The highest BCUT2D eigenvalue weighted by Gasteiger charge is 2.16. The first-order valence-corrected chi connectivity index (χ1v) is 7.75. The normalized spacial score (nSPS) is 13.5. The van der Waals surface area contributed by atoms with E-state index in [-0.39, 0.29) is 17.5 Å². The van der Waals surface area contributed by atoms with Gasteiger partial charge in [0.15, 0.2) is 0 Å². The maximum absolute atomic E-state index is 11.9. The molecule has 0 saturated heterocycles. The lowest BCUT2D eigenvalue weighted by molar-refractivity contribution is 0.278. The van der Waals surface area contributed by atoms with Crippen molar-refractivity contribution in [1.29, 1.82) is 0 Å². The number of nitrogens with one attached hydrogen (secondary N) is 1. The number of hydrogen-bond donors (Lipinski definition) is 2. The highest BCUT2D eigenvalue weighted by Crippen LogP contribution is 2.18. The number of sulfonamides is 1. The Morgan fingerprint density at radius 1 is 1.26 bits per heavy atom. The third-order valence-corrected chi connectivity index (χ3v) is 4.80. The van der Waals surface area contributed by atoms with Crippen LogP contribution in [0.2, 0.25) is 0 Å². The number of rotatable bonds is 7. The van der Waals surface area contributed by atoms with Crippen LogP contribution in [-0.4, -0.2) is 44.6 Å². The van der Waals surface area contributed by atoms with Crippen molar-refractivity contribution >= 4 is 15.7 Å². The maximum Gasteiger partial charge on any atom is 0.242 e. The maximum atomic E-state index is 11.9. The number of anilines is 1. The monoisotopic (exact) mass is 286 g/mol. The average molecular weight is 286 g/mol. The van der Waals surface area contributed by atoms with Crippen LogP contribution >= 0.6 is 0 Å². The molecule has 0 fully saturated rings. The van der Waals surface area contributed by atoms with E-state index < -0.39 is 10.0 Å². The van der Waals surface area contributed by atoms with E-state index in [9.17, 15) is 8.42 Å². The van der Waals surface area contributed by atoms with Crippen molar-refractivity contribution in [2.45, 2.75) is 30.7 Å². The minimum atomic E-state index is -3.37. The molecule has 0 heterocycles. The van der Waals surface area contributed by atoms with Crippen molar-refractivity contribution in [3.63, 3.8) is 0 Å². The summed E-state index contributed by atoms with van der Waals surface area (Å²) in [5, 5.41) is 12.2. The second kappa shape index (κ2) is 6.88. The molecule has 1 rings (SSSR count). The molecule has 1 aromatic rings. The fraction of sp³-hybridized carbons (Fsp3) is 0.538. The van der Waals surface area contributed by atoms with Crippen molar-refractivity contribution in [3.05, 3.63) is 24.3 Å². The standard InChI is InChI=1S/C13H22N2O3S/c1-4-11(9-10-16)14-12-5-7-13(8-6-12)19(17,18)15(2)3/h5-8,11,14,16H,4,9-10H2,1-3H3. The van der Waals surface area contributed by atoms with Gasteiger partial charge in [-0.05, 0) is 37.1 Å². The van der Waals surface area contributed by atoms with Gasteiger partial charge in [0.1, 0.15) is 0 Å². The van der Waals surface area contributed by atoms with Crippen LogP contribution in [0, 0.1) is 0 Å². The van der Waals surface area contributed by atoms with Crippen molar-refractivity contribution in [2.24, 2.45) is 0 Å². The van der Waals surface area contributed by atoms with E-state index in [1.54, 1.807) is 24.3 Å². The van der Waals surface area contributed by atoms with Gasteiger partial charge in [0.05, 0.1) is 4.90 Å². The van der Waals surface area contributed by atoms with E-state index in [4.69, 9.17) is 5.11 Å². The molecule has 108 valence electrons. The Hall–Kier alpha value is -1.11. The fourth-order valence-corrected chi connectivity index (χ4v) is 2.61. The van der Waals surface area contributed by atoms with Crippen molar-refractivity contribution < 1.29 is 13.5 Å². The third-order valence-electron chi connectivity index (χ3n) is 2.97. The lowest BCUT2D eigenvalue weighted by atomic mass is 10.1. The summed E-state index contributed by atoms with van der Waals surface area (Å²) in [6, 6.07) is 6.86. The molecule has 0 aliphatic carbocycles. The second-order valence-electron chi connectivity index (χ2n) is 4.57. The quantitative estimate of drug-likeness (QED) is 0.797. The molecule has 0 aliphatic rings. The molecule has 1 unspecified atom stereocenters. The van der Waals surface area contributed by atoms with Crippen LogP contribution in [0.1, 0.15) is 19.8 Å². The van der Waals surface area contributed by atoms with E-state index in [1.807, 2.05) is 6.92 Å². The lowest BCUT2D eigenvalue weighted by Gasteiger charge is -2.17. The fourth-order valence-electron chi connectivity index (χ4n) is 1.70. The van der Waals surface area contributed by atoms with Gasteiger partial charge in [-0.3, -0.25) is 0 Å². The number of hydrogen-bond acceptors (Lipinski definition) is 4. The van der Waals surface area contributed by atoms with Gasteiger partial charge in [-0.15, -0.1) is 0 Å². The van der Waals surface area contributed by atoms with Crippen LogP contribution in [0.3, 0.4) is 0 Å². The molecule has 0 aromatic heterocycles. The Balaban J connectivity index is 2.82. The van der Waals surface area contributed by atoms with Gasteiger partial charge in [-0.25, -0.2) is 12.7 Å². The summed E-state index contributed by atoms with van der Waals surface area (Å²) in [4.78, 5) is 0.276. The zero-order valence-corrected chi connectivity index (χ0v) is 12.4. The minimum absolute atomic E-state index is 0.137. The van der Waals surface area contributed by atoms with Crippen LogP contribution in [0.5, 0.6) is 0 Å². The van der Waals surface area contributed by atoms with Gasteiger partial charge in [0, 0.05) is 32.4 Å². The number of benzene rings is 1. The van der Waals surface area contributed by atoms with Crippen LogP contribution in [-0.2, 0) is 10.0 Å². The van der Waals surface area contributed by atoms with E-state index in [0.717, 1.165) is 12.1 Å². The first-order chi connectivity index (χ1) is 8.91. The number of aliphatic hydroxyl groups excluding tert-OH is 1. The summed E-state index contributed by atoms with van der Waals surface area (Å²) in [6.45, 7) is 2.18. The summed E-state index contributed by atoms with van der Waals surface area (Å²) in [6.07, 6.45) is 1.58. The van der Waals surface area contributed by atoms with Crippen molar-refractivity contribution in [1.82, 2.24) is 4.31 Å². The molecule has 0 radical (unpaired) electrons. The molecule has 0 bridgehead atoms. The molecule has 6 heteroatoms. The van der Waals surface area contributed by atoms with E-state index >= 15 is 0 Å². The second-order valence-corrected chi connectivity index (χ2v) is 6.73. The summed E-state index contributed by atoms with van der Waals surface area (Å²) in [5.74, 6) is 0. The van der Waals surface area contributed by atoms with Crippen LogP contribution in [0.25, 0.3) is 0 Å². The molecule has 1 aromatic carbocycles. The van der Waals surface area contributed by atoms with E-state index in [2.05, 4.69) is 5.32 Å². The van der Waals surface area contributed by atoms with Gasteiger partial charge >= 0.3 is 0 Å². The zero-order chi connectivity index (χ0) is 14.5. The molecule has 0 saturated carbocycles. The Morgan fingerprint density at radius 2 is 1.84 bits per heavy atom. The molecular weight excluding hydrogens is 264 g/mol. The predicted octanol–water partition coefficient (Wildman–Crippen LogP) is 1.51. The molecule has 19 heavy (non-hydrogen) atoms. The topological polar surface area (TPSA) is 69.6 Å². The molecule has 0 spiro atoms. The highest BCUT2D eigenvalue weighted by molar-refractivity contribution is 7.89. The Morgan fingerprint density at radius 3 is 2.26 bits per heavy atom. The van der Waals surface area contributed by atoms with Gasteiger partial charge < -0.3 is 10.4 Å². The van der Waals surface area contributed by atoms with Crippen LogP contribution < -0.4 is 5.32 Å². The molecular formula is C13H22N2O3S. The summed E-state index contributed by atoms with van der Waals surface area (Å²) in [5.41, 5.74) is 0.859. The number of aliphatic hydroxyl groups is 1. The SMILES string of the molecule is CCC(CCO)Nc1ccc(S(=O)(=O)N(C)C)cc1. The molecule has 2 N–H and O–H groups in total. The molecule has 0 amide bonds. The average Bonchev–Trinajstić information content (AvgIpc) is 2.38. The molecule has 1 atom stereocenters. The van der Waals surface area contributed by atoms with Gasteiger partial charge in [0.2, 0.25) is 10.0 Å². The largest absolute Gasteiger partial charge is 0.396 e. The number of nitrogens with zero attached hydrogens (tertiary/aromatic N) is 1. The Kier molecular flexibility index (Phi) is 5.78. The van der Waals surface area contributed by atoms with Gasteiger partial charge in [0.25, 0.3) is 0 Å². The van der Waals surface area contributed by atoms with Crippen LogP contribution in [0.15, 0.2) is 29.2 Å². The van der Waals surface area contributed by atoms with Crippen molar-refractivity contribution in [2.75, 3.05) is 26.0 Å². The first kappa shape index (κ1) is 15.9. The third kappa shape index (κ3) is 4.19. The molecule has 5 nitrogen and oxygen atoms in total. The molecule has 0 aliphatic heterocycles. The Bertz CT molecular complexity index is 483. The predicted molar refractivity (Wildman–Crippen MR) is 76.7 cm³/mol. The summed E-state index contributed by atoms with van der Waals surface area (Å²) >= 11 is 0. The highest BCUT2D eigenvalue weighted by atomic mass is 32.2. The van der Waals surface area contributed by atoms with Crippen LogP contribution in [0.4, 0.5) is 5.69 Å². The van der Waals surface area contributed by atoms with Gasteiger partial charge in [-0.1, -0.05) is 6.92 Å². The zero-order valence-electron chi connectivity index (χ0n) is 11.6. The first-order valence-electron chi connectivity index (χ1n) is 6.31. The minimum Gasteiger partial charge on any atom is -0.396 e.